The van der Waals surface area contributed by atoms with Gasteiger partial charge >= 0.3 is 12.0 Å². The van der Waals surface area contributed by atoms with Gasteiger partial charge in [-0.05, 0) is 37.0 Å². The van der Waals surface area contributed by atoms with Gasteiger partial charge in [0.25, 0.3) is 0 Å². The van der Waals surface area contributed by atoms with E-state index in [1.807, 2.05) is 0 Å². The predicted molar refractivity (Wildman–Crippen MR) is 104 cm³/mol. The Labute approximate surface area is 168 Å². The molecule has 0 saturated heterocycles. The minimum absolute atomic E-state index is 0.224. The molecule has 2 rings (SSSR count). The Kier molecular flexibility index (Phi) is 8.38. The maximum absolute atomic E-state index is 12.7. The fourth-order valence-electron chi connectivity index (χ4n) is 3.31. The van der Waals surface area contributed by atoms with Crippen LogP contribution in [0.1, 0.15) is 50.5 Å². The molecule has 1 aromatic carbocycles. The molecule has 0 bridgehead atoms. The molecule has 148 valence electrons. The molecule has 3 amide bonds. The van der Waals surface area contributed by atoms with Crippen LogP contribution in [0.2, 0.25) is 10.0 Å². The Morgan fingerprint density at radius 3 is 2.52 bits per heavy atom. The number of ether oxygens (including phenoxy) is 1. The molecule has 0 radical (unpaired) electrons. The first kappa shape index (κ1) is 21.5. The third-order valence-electron chi connectivity index (χ3n) is 4.64. The summed E-state index contributed by atoms with van der Waals surface area (Å²) in [5.41, 5.74) is 0.715. The second-order valence-electron chi connectivity index (χ2n) is 6.59. The molecule has 0 aliphatic heterocycles. The van der Waals surface area contributed by atoms with Gasteiger partial charge in [0.15, 0.2) is 0 Å². The second kappa shape index (κ2) is 10.5. The van der Waals surface area contributed by atoms with E-state index < -0.39 is 23.8 Å². The smallest absolute Gasteiger partial charge is 0.325 e. The van der Waals surface area contributed by atoms with E-state index in [9.17, 15) is 14.4 Å². The largest absolute Gasteiger partial charge is 0.465 e. The van der Waals surface area contributed by atoms with Crippen LogP contribution in [-0.2, 0) is 14.3 Å². The first-order chi connectivity index (χ1) is 12.9. The van der Waals surface area contributed by atoms with Crippen LogP contribution < -0.4 is 10.6 Å². The average molecular weight is 415 g/mol. The van der Waals surface area contributed by atoms with E-state index in [4.69, 9.17) is 27.9 Å². The van der Waals surface area contributed by atoms with Gasteiger partial charge in [0.2, 0.25) is 5.91 Å². The molecule has 1 saturated carbocycles. The van der Waals surface area contributed by atoms with Gasteiger partial charge in [-0.3, -0.25) is 14.9 Å². The lowest BCUT2D eigenvalue weighted by Crippen LogP contribution is -2.44. The van der Waals surface area contributed by atoms with Crippen molar-refractivity contribution < 1.29 is 19.1 Å². The number of amides is 3. The summed E-state index contributed by atoms with van der Waals surface area (Å²) in [6, 6.07) is 4.34. The van der Waals surface area contributed by atoms with Crippen LogP contribution in [0.4, 0.5) is 4.79 Å². The fourth-order valence-corrected chi connectivity index (χ4v) is 3.62. The Bertz CT molecular complexity index is 690. The lowest BCUT2D eigenvalue weighted by atomic mass is 9.87. The number of benzene rings is 1. The summed E-state index contributed by atoms with van der Waals surface area (Å²) in [5.74, 6) is -1.08. The molecule has 27 heavy (non-hydrogen) atoms. The molecule has 6 nitrogen and oxygen atoms in total. The highest BCUT2D eigenvalue weighted by molar-refractivity contribution is 6.42. The van der Waals surface area contributed by atoms with Crippen LogP contribution in [0.5, 0.6) is 0 Å². The van der Waals surface area contributed by atoms with Crippen LogP contribution in [-0.4, -0.2) is 31.1 Å². The Balaban J connectivity index is 2.04. The summed E-state index contributed by atoms with van der Waals surface area (Å²) >= 11 is 12.1. The van der Waals surface area contributed by atoms with Crippen molar-refractivity contribution in [2.75, 3.05) is 13.2 Å². The minimum Gasteiger partial charge on any atom is -0.465 e. The number of halogens is 2. The zero-order chi connectivity index (χ0) is 19.8. The van der Waals surface area contributed by atoms with E-state index in [1.54, 1.807) is 25.1 Å². The van der Waals surface area contributed by atoms with E-state index in [1.165, 1.54) is 0 Å². The number of esters is 1. The number of urea groups is 1. The van der Waals surface area contributed by atoms with Gasteiger partial charge < -0.3 is 10.1 Å². The summed E-state index contributed by atoms with van der Waals surface area (Å²) in [5, 5.41) is 5.41. The molecule has 0 unspecified atom stereocenters. The zero-order valence-corrected chi connectivity index (χ0v) is 16.7. The monoisotopic (exact) mass is 414 g/mol. The van der Waals surface area contributed by atoms with Gasteiger partial charge in [-0.2, -0.15) is 0 Å². The molecule has 2 N–H and O–H groups in total. The summed E-state index contributed by atoms with van der Waals surface area (Å²) in [6.45, 7) is 1.60. The van der Waals surface area contributed by atoms with E-state index in [0.717, 1.165) is 25.7 Å². The van der Waals surface area contributed by atoms with E-state index in [0.29, 0.717) is 27.9 Å². The summed E-state index contributed by atoms with van der Waals surface area (Å²) in [4.78, 5) is 36.0. The topological polar surface area (TPSA) is 84.5 Å². The van der Waals surface area contributed by atoms with Crippen molar-refractivity contribution in [3.05, 3.63) is 33.8 Å². The predicted octanol–water partition coefficient (Wildman–Crippen LogP) is 4.05. The number of nitrogens with one attached hydrogen (secondary N) is 2. The highest BCUT2D eigenvalue weighted by Gasteiger charge is 2.28. The summed E-state index contributed by atoms with van der Waals surface area (Å²) in [7, 11) is 0. The number of hydrogen-bond acceptors (Lipinski definition) is 4. The molecule has 0 spiro atoms. The van der Waals surface area contributed by atoms with Crippen molar-refractivity contribution in [2.24, 2.45) is 5.92 Å². The number of carbonyl (C=O) groups is 3. The third kappa shape index (κ3) is 6.70. The maximum atomic E-state index is 12.7. The molecular weight excluding hydrogens is 391 g/mol. The van der Waals surface area contributed by atoms with Crippen LogP contribution in [0.25, 0.3) is 0 Å². The highest BCUT2D eigenvalue weighted by Crippen LogP contribution is 2.36. The number of carbonyl (C=O) groups excluding carboxylic acids is 3. The van der Waals surface area contributed by atoms with Crippen molar-refractivity contribution >= 4 is 41.1 Å². The van der Waals surface area contributed by atoms with Crippen molar-refractivity contribution in [2.45, 2.75) is 44.9 Å². The van der Waals surface area contributed by atoms with Gasteiger partial charge in [0.05, 0.1) is 22.6 Å². The standard InChI is InChI=1S/C19H24Cl2N2O4/c1-2-27-17(24)11-22-19(26)23-18(25)14(9-12-5-3-4-6-12)13-7-8-15(20)16(21)10-13/h7-8,10,12,14H,2-6,9,11H2,1H3,(H2,22,23,25,26)/t14-/m1/s1. The van der Waals surface area contributed by atoms with E-state index in [2.05, 4.69) is 10.6 Å². The SMILES string of the molecule is CCOC(=O)CNC(=O)NC(=O)[C@H](CC1CCCC1)c1ccc(Cl)c(Cl)c1. The summed E-state index contributed by atoms with van der Waals surface area (Å²) in [6.07, 6.45) is 5.08. The Morgan fingerprint density at radius 2 is 1.89 bits per heavy atom. The number of imide groups is 1. The van der Waals surface area contributed by atoms with Gasteiger partial charge in [-0.25, -0.2) is 4.79 Å². The van der Waals surface area contributed by atoms with E-state index in [-0.39, 0.29) is 13.2 Å². The third-order valence-corrected chi connectivity index (χ3v) is 5.38. The van der Waals surface area contributed by atoms with Crippen LogP contribution in [0.15, 0.2) is 18.2 Å². The lowest BCUT2D eigenvalue weighted by molar-refractivity contribution is -0.141. The van der Waals surface area contributed by atoms with Crippen LogP contribution >= 0.6 is 23.2 Å². The minimum atomic E-state index is -0.732. The molecule has 8 heteroatoms. The Morgan fingerprint density at radius 1 is 1.19 bits per heavy atom. The Hall–Kier alpha value is -1.79. The van der Waals surface area contributed by atoms with Gasteiger partial charge in [-0.1, -0.05) is 55.0 Å². The van der Waals surface area contributed by atoms with Crippen LogP contribution in [0.3, 0.4) is 0 Å². The van der Waals surface area contributed by atoms with Gasteiger partial charge in [0, 0.05) is 0 Å². The molecule has 1 aliphatic carbocycles. The van der Waals surface area contributed by atoms with Crippen molar-refractivity contribution in [1.29, 1.82) is 0 Å². The molecule has 0 aromatic heterocycles. The second-order valence-corrected chi connectivity index (χ2v) is 7.40. The number of rotatable bonds is 7. The highest BCUT2D eigenvalue weighted by atomic mass is 35.5. The molecule has 1 fully saturated rings. The quantitative estimate of drug-likeness (QED) is 0.659. The van der Waals surface area contributed by atoms with Gasteiger partial charge in [0.1, 0.15) is 6.54 Å². The molecule has 0 heterocycles. The normalized spacial score (nSPS) is 15.2. The molecular formula is C19H24Cl2N2O4. The average Bonchev–Trinajstić information content (AvgIpc) is 3.14. The van der Waals surface area contributed by atoms with Crippen molar-refractivity contribution in [3.63, 3.8) is 0 Å². The lowest BCUT2D eigenvalue weighted by Gasteiger charge is -2.20. The zero-order valence-electron chi connectivity index (χ0n) is 15.2. The van der Waals surface area contributed by atoms with Crippen LogP contribution in [0, 0.1) is 5.92 Å². The molecule has 1 aliphatic rings. The number of hydrogen-bond donors (Lipinski definition) is 2. The van der Waals surface area contributed by atoms with Crippen molar-refractivity contribution in [1.82, 2.24) is 10.6 Å². The van der Waals surface area contributed by atoms with E-state index >= 15 is 0 Å². The molecule has 1 atom stereocenters. The first-order valence-electron chi connectivity index (χ1n) is 9.10. The maximum Gasteiger partial charge on any atom is 0.325 e. The summed E-state index contributed by atoms with van der Waals surface area (Å²) < 4.78 is 4.73. The molecule has 1 aromatic rings. The fraction of sp³-hybridized carbons (Fsp3) is 0.526. The first-order valence-corrected chi connectivity index (χ1v) is 9.85. The van der Waals surface area contributed by atoms with Crippen molar-refractivity contribution in [3.8, 4) is 0 Å². The van der Waals surface area contributed by atoms with Gasteiger partial charge in [-0.15, -0.1) is 0 Å².